The van der Waals surface area contributed by atoms with Crippen LogP contribution in [0.25, 0.3) is 11.1 Å². The first kappa shape index (κ1) is 17.1. The van der Waals surface area contributed by atoms with E-state index in [4.69, 9.17) is 22.1 Å². The normalized spacial score (nSPS) is 10.7. The summed E-state index contributed by atoms with van der Waals surface area (Å²) in [6.07, 6.45) is 0.294. The summed E-state index contributed by atoms with van der Waals surface area (Å²) < 4.78 is 20.5. The van der Waals surface area contributed by atoms with Gasteiger partial charge in [-0.1, -0.05) is 29.8 Å². The number of hydrogen-bond donors (Lipinski definition) is 2. The second kappa shape index (κ2) is 7.03. The molecule has 0 saturated heterocycles. The van der Waals surface area contributed by atoms with E-state index in [0.717, 1.165) is 5.56 Å². The molecule has 0 aliphatic carbocycles. The standard InChI is InChI=1S/C20H17ClFNO2/c1-25-18-6-5-14(7-12-8-16(23)11-17(24)9-12)20(22)19(18)13-3-2-4-15(21)10-13/h2-6,8-11,24H,7,23H2,1H3. The first-order chi connectivity index (χ1) is 12.0. The summed E-state index contributed by atoms with van der Waals surface area (Å²) in [5, 5.41) is 10.2. The topological polar surface area (TPSA) is 55.5 Å². The first-order valence-corrected chi connectivity index (χ1v) is 8.05. The molecule has 0 amide bonds. The zero-order valence-electron chi connectivity index (χ0n) is 13.6. The SMILES string of the molecule is COc1ccc(Cc2cc(N)cc(O)c2)c(F)c1-c1cccc(Cl)c1. The smallest absolute Gasteiger partial charge is 0.138 e. The molecule has 3 nitrogen and oxygen atoms in total. The Labute approximate surface area is 150 Å². The number of ether oxygens (including phenoxy) is 1. The van der Waals surface area contributed by atoms with Crippen LogP contribution in [0.1, 0.15) is 11.1 Å². The van der Waals surface area contributed by atoms with Gasteiger partial charge in [-0.15, -0.1) is 0 Å². The molecule has 0 aliphatic heterocycles. The summed E-state index contributed by atoms with van der Waals surface area (Å²) in [6.45, 7) is 0. The van der Waals surface area contributed by atoms with Gasteiger partial charge in [-0.05, 0) is 47.0 Å². The molecule has 5 heteroatoms. The van der Waals surface area contributed by atoms with Crippen molar-refractivity contribution in [2.75, 3.05) is 12.8 Å². The summed E-state index contributed by atoms with van der Waals surface area (Å²) >= 11 is 6.04. The van der Waals surface area contributed by atoms with E-state index in [9.17, 15) is 5.11 Å². The van der Waals surface area contributed by atoms with E-state index in [1.807, 2.05) is 0 Å². The van der Waals surface area contributed by atoms with Crippen molar-refractivity contribution in [3.8, 4) is 22.6 Å². The molecular formula is C20H17ClFNO2. The highest BCUT2D eigenvalue weighted by Gasteiger charge is 2.17. The molecule has 3 N–H and O–H groups in total. The van der Waals surface area contributed by atoms with Gasteiger partial charge in [-0.3, -0.25) is 0 Å². The number of anilines is 1. The summed E-state index contributed by atoms with van der Waals surface area (Å²) in [5.74, 6) is 0.0986. The third-order valence-electron chi connectivity index (χ3n) is 3.91. The zero-order valence-corrected chi connectivity index (χ0v) is 14.3. The molecule has 0 radical (unpaired) electrons. The molecule has 25 heavy (non-hydrogen) atoms. The maximum absolute atomic E-state index is 15.2. The lowest BCUT2D eigenvalue weighted by Gasteiger charge is -2.14. The fraction of sp³-hybridized carbons (Fsp3) is 0.100. The van der Waals surface area contributed by atoms with Crippen molar-refractivity contribution in [3.63, 3.8) is 0 Å². The molecule has 3 rings (SSSR count). The van der Waals surface area contributed by atoms with Crippen molar-refractivity contribution < 1.29 is 14.2 Å². The van der Waals surface area contributed by atoms with Gasteiger partial charge >= 0.3 is 0 Å². The Hall–Kier alpha value is -2.72. The number of aromatic hydroxyl groups is 1. The molecular weight excluding hydrogens is 341 g/mol. The quantitative estimate of drug-likeness (QED) is 0.643. The predicted molar refractivity (Wildman–Crippen MR) is 98.7 cm³/mol. The van der Waals surface area contributed by atoms with E-state index >= 15 is 4.39 Å². The molecule has 3 aromatic carbocycles. The maximum Gasteiger partial charge on any atom is 0.138 e. The lowest BCUT2D eigenvalue weighted by molar-refractivity contribution is 0.413. The minimum absolute atomic E-state index is 0.0546. The fourth-order valence-electron chi connectivity index (χ4n) is 2.84. The Morgan fingerprint density at radius 3 is 2.60 bits per heavy atom. The molecule has 0 aliphatic rings. The van der Waals surface area contributed by atoms with Crippen LogP contribution < -0.4 is 10.5 Å². The van der Waals surface area contributed by atoms with Crippen LogP contribution in [0.5, 0.6) is 11.5 Å². The third-order valence-corrected chi connectivity index (χ3v) is 4.15. The number of benzene rings is 3. The van der Waals surface area contributed by atoms with Crippen LogP contribution in [0.4, 0.5) is 10.1 Å². The van der Waals surface area contributed by atoms with Crippen molar-refractivity contribution in [2.45, 2.75) is 6.42 Å². The van der Waals surface area contributed by atoms with Crippen LogP contribution >= 0.6 is 11.6 Å². The second-order valence-corrected chi connectivity index (χ2v) is 6.17. The van der Waals surface area contributed by atoms with Gasteiger partial charge in [0.2, 0.25) is 0 Å². The Bertz CT molecular complexity index is 907. The minimum atomic E-state index is -0.386. The van der Waals surface area contributed by atoms with E-state index in [2.05, 4.69) is 0 Å². The van der Waals surface area contributed by atoms with Crippen molar-refractivity contribution in [2.24, 2.45) is 0 Å². The monoisotopic (exact) mass is 357 g/mol. The number of phenolic OH excluding ortho intramolecular Hbond substituents is 1. The van der Waals surface area contributed by atoms with Crippen molar-refractivity contribution in [1.29, 1.82) is 0 Å². The zero-order chi connectivity index (χ0) is 18.0. The van der Waals surface area contributed by atoms with E-state index < -0.39 is 0 Å². The van der Waals surface area contributed by atoms with Crippen molar-refractivity contribution in [1.82, 2.24) is 0 Å². The van der Waals surface area contributed by atoms with E-state index in [1.165, 1.54) is 13.2 Å². The largest absolute Gasteiger partial charge is 0.508 e. The number of halogens is 2. The number of methoxy groups -OCH3 is 1. The number of nitrogen functional groups attached to an aromatic ring is 1. The van der Waals surface area contributed by atoms with Gasteiger partial charge in [0.15, 0.2) is 0 Å². The Balaban J connectivity index is 2.09. The number of nitrogens with two attached hydrogens (primary N) is 1. The lowest BCUT2D eigenvalue weighted by atomic mass is 9.97. The first-order valence-electron chi connectivity index (χ1n) is 7.67. The third kappa shape index (κ3) is 3.69. The van der Waals surface area contributed by atoms with E-state index in [1.54, 1.807) is 48.5 Å². The Morgan fingerprint density at radius 1 is 1.12 bits per heavy atom. The highest BCUT2D eigenvalue weighted by atomic mass is 35.5. The van der Waals surface area contributed by atoms with E-state index in [0.29, 0.717) is 39.6 Å². The van der Waals surface area contributed by atoms with Gasteiger partial charge in [0.1, 0.15) is 17.3 Å². The molecule has 0 saturated carbocycles. The average molecular weight is 358 g/mol. The Morgan fingerprint density at radius 2 is 1.92 bits per heavy atom. The minimum Gasteiger partial charge on any atom is -0.508 e. The molecule has 0 heterocycles. The van der Waals surface area contributed by atoms with E-state index in [-0.39, 0.29) is 11.6 Å². The fourth-order valence-corrected chi connectivity index (χ4v) is 3.03. The highest BCUT2D eigenvalue weighted by molar-refractivity contribution is 6.30. The van der Waals surface area contributed by atoms with Gasteiger partial charge in [0.05, 0.1) is 12.7 Å². The van der Waals surface area contributed by atoms with Crippen molar-refractivity contribution in [3.05, 3.63) is 76.6 Å². The molecule has 0 bridgehead atoms. The van der Waals surface area contributed by atoms with Crippen LogP contribution in [0.15, 0.2) is 54.6 Å². The van der Waals surface area contributed by atoms with Crippen LogP contribution in [0.3, 0.4) is 0 Å². The highest BCUT2D eigenvalue weighted by Crippen LogP contribution is 2.36. The predicted octanol–water partition coefficient (Wildman–Crippen LogP) is 5.03. The summed E-state index contributed by atoms with van der Waals surface area (Å²) in [7, 11) is 1.50. The average Bonchev–Trinajstić information content (AvgIpc) is 2.55. The molecule has 0 spiro atoms. The van der Waals surface area contributed by atoms with Crippen molar-refractivity contribution >= 4 is 17.3 Å². The summed E-state index contributed by atoms with van der Waals surface area (Å²) in [4.78, 5) is 0. The molecule has 0 fully saturated rings. The van der Waals surface area contributed by atoms with Gasteiger partial charge in [-0.25, -0.2) is 4.39 Å². The molecule has 0 unspecified atom stereocenters. The summed E-state index contributed by atoms with van der Waals surface area (Å²) in [6, 6.07) is 15.1. The number of rotatable bonds is 4. The van der Waals surface area contributed by atoms with Crippen LogP contribution in [-0.2, 0) is 6.42 Å². The number of phenols is 1. The molecule has 0 atom stereocenters. The summed E-state index contributed by atoms with van der Waals surface area (Å²) in [5.41, 5.74) is 8.36. The molecule has 128 valence electrons. The van der Waals surface area contributed by atoms with Gasteiger partial charge < -0.3 is 15.6 Å². The maximum atomic E-state index is 15.2. The van der Waals surface area contributed by atoms with Crippen LogP contribution in [0, 0.1) is 5.82 Å². The van der Waals surface area contributed by atoms with Gasteiger partial charge in [0.25, 0.3) is 0 Å². The van der Waals surface area contributed by atoms with Crippen LogP contribution in [-0.4, -0.2) is 12.2 Å². The van der Waals surface area contributed by atoms with Crippen LogP contribution in [0.2, 0.25) is 5.02 Å². The lowest BCUT2D eigenvalue weighted by Crippen LogP contribution is -1.99. The van der Waals surface area contributed by atoms with Gasteiger partial charge in [-0.2, -0.15) is 0 Å². The second-order valence-electron chi connectivity index (χ2n) is 5.74. The molecule has 3 aromatic rings. The number of hydrogen-bond acceptors (Lipinski definition) is 3. The van der Waals surface area contributed by atoms with Gasteiger partial charge in [0, 0.05) is 23.2 Å². The Kier molecular flexibility index (Phi) is 4.81. The molecule has 0 aromatic heterocycles.